The number of nitrogens with one attached hydrogen (secondary N) is 2. The number of carbonyl (C=O) groups is 1. The second-order valence-electron chi connectivity index (χ2n) is 7.79. The van der Waals surface area contributed by atoms with Gasteiger partial charge < -0.3 is 10.6 Å². The summed E-state index contributed by atoms with van der Waals surface area (Å²) in [5.41, 5.74) is 2.66. The number of rotatable bonds is 5. The van der Waals surface area contributed by atoms with E-state index < -0.39 is 17.4 Å². The third-order valence-corrected chi connectivity index (χ3v) is 5.85. The molecule has 3 heterocycles. The van der Waals surface area contributed by atoms with E-state index in [1.165, 1.54) is 18.3 Å². The van der Waals surface area contributed by atoms with Crippen LogP contribution in [0.25, 0.3) is 11.1 Å². The van der Waals surface area contributed by atoms with Crippen LogP contribution in [0.2, 0.25) is 0 Å². The quantitative estimate of drug-likeness (QED) is 0.678. The maximum Gasteiger partial charge on any atom is 0.252 e. The van der Waals surface area contributed by atoms with Crippen LogP contribution in [-0.2, 0) is 12.0 Å². The van der Waals surface area contributed by atoms with E-state index in [1.807, 2.05) is 18.2 Å². The molecule has 2 N–H and O–H groups in total. The lowest BCUT2D eigenvalue weighted by atomic mass is 9.65. The minimum atomic E-state index is -0.970. The molecule has 3 aromatic rings. The van der Waals surface area contributed by atoms with Crippen molar-refractivity contribution in [2.75, 3.05) is 11.9 Å². The maximum atomic E-state index is 14.3. The number of nitrogens with zero attached hydrogens (tertiary/aromatic N) is 3. The van der Waals surface area contributed by atoms with Gasteiger partial charge in [0.05, 0.1) is 11.3 Å². The second kappa shape index (κ2) is 7.12. The van der Waals surface area contributed by atoms with E-state index in [-0.39, 0.29) is 31.0 Å². The first kappa shape index (κ1) is 18.6. The van der Waals surface area contributed by atoms with Gasteiger partial charge >= 0.3 is 0 Å². The van der Waals surface area contributed by atoms with Crippen molar-refractivity contribution in [2.45, 2.75) is 31.0 Å². The summed E-state index contributed by atoms with van der Waals surface area (Å²) < 4.78 is 28.0. The van der Waals surface area contributed by atoms with Crippen molar-refractivity contribution < 1.29 is 13.6 Å². The van der Waals surface area contributed by atoms with E-state index in [1.54, 1.807) is 12.4 Å². The van der Waals surface area contributed by atoms with Gasteiger partial charge in [0, 0.05) is 42.7 Å². The lowest BCUT2D eigenvalue weighted by Crippen LogP contribution is -2.49. The number of alkyl halides is 1. The van der Waals surface area contributed by atoms with Gasteiger partial charge in [0.1, 0.15) is 12.0 Å². The molecule has 30 heavy (non-hydrogen) atoms. The van der Waals surface area contributed by atoms with Crippen molar-refractivity contribution in [2.24, 2.45) is 0 Å². The van der Waals surface area contributed by atoms with Gasteiger partial charge in [-0.3, -0.25) is 9.78 Å². The number of halogens is 2. The molecular formula is C22H19F2N5O. The molecule has 0 unspecified atom stereocenters. The zero-order valence-electron chi connectivity index (χ0n) is 16.0. The van der Waals surface area contributed by atoms with E-state index in [2.05, 4.69) is 25.6 Å². The van der Waals surface area contributed by atoms with Crippen molar-refractivity contribution in [1.82, 2.24) is 20.3 Å². The highest BCUT2D eigenvalue weighted by molar-refractivity contribution is 6.04. The molecule has 1 aromatic carbocycles. The molecule has 0 radical (unpaired) electrons. The number of fused-ring (bicyclic) bond motifs is 1. The SMILES string of the molecule is O=C1NCc2cccc(-c3cnc(NC[C@]4(c5ncccc5F)C[C@H](F)C4)nc3)c21. The number of hydrogen-bond acceptors (Lipinski definition) is 5. The Morgan fingerprint density at radius 3 is 2.67 bits per heavy atom. The Labute approximate surface area is 171 Å². The molecule has 152 valence electrons. The average molecular weight is 407 g/mol. The Morgan fingerprint density at radius 1 is 1.13 bits per heavy atom. The zero-order valence-corrected chi connectivity index (χ0v) is 16.0. The largest absolute Gasteiger partial charge is 0.353 e. The lowest BCUT2D eigenvalue weighted by Gasteiger charge is -2.43. The van der Waals surface area contributed by atoms with Crippen LogP contribution in [-0.4, -0.2) is 33.6 Å². The van der Waals surface area contributed by atoms with Crippen LogP contribution >= 0.6 is 0 Å². The molecule has 0 saturated heterocycles. The van der Waals surface area contributed by atoms with Crippen LogP contribution in [0.3, 0.4) is 0 Å². The van der Waals surface area contributed by atoms with Crippen LogP contribution in [0.4, 0.5) is 14.7 Å². The first-order chi connectivity index (χ1) is 14.6. The van der Waals surface area contributed by atoms with Crippen LogP contribution < -0.4 is 10.6 Å². The molecule has 5 rings (SSSR count). The van der Waals surface area contributed by atoms with Gasteiger partial charge in [0.15, 0.2) is 0 Å². The predicted molar refractivity (Wildman–Crippen MR) is 107 cm³/mol. The van der Waals surface area contributed by atoms with Gasteiger partial charge in [-0.1, -0.05) is 18.2 Å². The van der Waals surface area contributed by atoms with Crippen molar-refractivity contribution in [1.29, 1.82) is 0 Å². The van der Waals surface area contributed by atoms with E-state index >= 15 is 0 Å². The van der Waals surface area contributed by atoms with Gasteiger partial charge in [-0.05, 0) is 36.1 Å². The molecule has 1 aliphatic heterocycles. The van der Waals surface area contributed by atoms with E-state index in [0.29, 0.717) is 18.1 Å². The Bertz CT molecular complexity index is 1110. The Balaban J connectivity index is 1.36. The lowest BCUT2D eigenvalue weighted by molar-refractivity contribution is 0.0959. The van der Waals surface area contributed by atoms with E-state index in [4.69, 9.17) is 0 Å². The van der Waals surface area contributed by atoms with Crippen LogP contribution in [0.5, 0.6) is 0 Å². The Hall–Kier alpha value is -3.42. The summed E-state index contributed by atoms with van der Waals surface area (Å²) in [5.74, 6) is -0.180. The molecule has 0 spiro atoms. The highest BCUT2D eigenvalue weighted by atomic mass is 19.1. The predicted octanol–water partition coefficient (Wildman–Crippen LogP) is 3.40. The summed E-state index contributed by atoms with van der Waals surface area (Å²) in [6.45, 7) is 0.800. The van der Waals surface area contributed by atoms with Gasteiger partial charge in [0.25, 0.3) is 5.91 Å². The second-order valence-corrected chi connectivity index (χ2v) is 7.79. The summed E-state index contributed by atoms with van der Waals surface area (Å²) in [6, 6.07) is 8.55. The third-order valence-electron chi connectivity index (χ3n) is 5.85. The minimum absolute atomic E-state index is 0.104. The van der Waals surface area contributed by atoms with Gasteiger partial charge in [-0.2, -0.15) is 0 Å². The van der Waals surface area contributed by atoms with E-state index in [9.17, 15) is 13.6 Å². The minimum Gasteiger partial charge on any atom is -0.353 e. The summed E-state index contributed by atoms with van der Waals surface area (Å²) >= 11 is 0. The monoisotopic (exact) mass is 407 g/mol. The summed E-state index contributed by atoms with van der Waals surface area (Å²) in [7, 11) is 0. The van der Waals surface area contributed by atoms with Crippen LogP contribution in [0.1, 0.15) is 34.5 Å². The van der Waals surface area contributed by atoms with Gasteiger partial charge in [0.2, 0.25) is 5.95 Å². The Kier molecular flexibility index (Phi) is 4.42. The number of carbonyl (C=O) groups excluding carboxylic acids is 1. The number of hydrogen-bond donors (Lipinski definition) is 2. The summed E-state index contributed by atoms with van der Waals surface area (Å²) in [6.07, 6.45) is 4.25. The fraction of sp³-hybridized carbons (Fsp3) is 0.273. The molecular weight excluding hydrogens is 388 g/mol. The fourth-order valence-corrected chi connectivity index (χ4v) is 4.31. The van der Waals surface area contributed by atoms with Gasteiger partial charge in [-0.15, -0.1) is 0 Å². The van der Waals surface area contributed by atoms with Gasteiger partial charge in [-0.25, -0.2) is 18.7 Å². The zero-order chi connectivity index (χ0) is 20.7. The molecule has 1 fully saturated rings. The average Bonchev–Trinajstić information content (AvgIpc) is 3.12. The topological polar surface area (TPSA) is 79.8 Å². The summed E-state index contributed by atoms with van der Waals surface area (Å²) in [4.78, 5) is 25.0. The molecule has 1 amide bonds. The number of pyridine rings is 1. The highest BCUT2D eigenvalue weighted by Gasteiger charge is 2.48. The number of benzene rings is 1. The smallest absolute Gasteiger partial charge is 0.252 e. The first-order valence-electron chi connectivity index (χ1n) is 9.77. The number of amides is 1. The van der Waals surface area contributed by atoms with Crippen molar-refractivity contribution in [3.63, 3.8) is 0 Å². The molecule has 0 bridgehead atoms. The van der Waals surface area contributed by atoms with Crippen molar-refractivity contribution >= 4 is 11.9 Å². The highest BCUT2D eigenvalue weighted by Crippen LogP contribution is 2.45. The van der Waals surface area contributed by atoms with Crippen LogP contribution in [0, 0.1) is 5.82 Å². The van der Waals surface area contributed by atoms with Crippen molar-refractivity contribution in [3.8, 4) is 11.1 Å². The fourth-order valence-electron chi connectivity index (χ4n) is 4.31. The molecule has 1 aliphatic carbocycles. The molecule has 0 atom stereocenters. The molecule has 1 saturated carbocycles. The normalized spacial score (nSPS) is 22.2. The number of anilines is 1. The summed E-state index contributed by atoms with van der Waals surface area (Å²) in [5, 5.41) is 5.92. The standard InChI is InChI=1S/C22H19F2N5O/c23-15-7-22(8-15,19-17(24)5-2-6-25-19)12-29-21-27-10-14(11-28-21)16-4-1-3-13-9-26-20(30)18(13)16/h1-6,10-11,15H,7-9,12H2,(H,26,30)(H,27,28,29)/t15-,22-. The molecule has 6 nitrogen and oxygen atoms in total. The maximum absolute atomic E-state index is 14.3. The van der Waals surface area contributed by atoms with Crippen LogP contribution in [0.15, 0.2) is 48.9 Å². The Morgan fingerprint density at radius 2 is 1.93 bits per heavy atom. The molecule has 2 aromatic heterocycles. The number of aromatic nitrogens is 3. The molecule has 2 aliphatic rings. The van der Waals surface area contributed by atoms with Crippen molar-refractivity contribution in [3.05, 3.63) is 71.6 Å². The first-order valence-corrected chi connectivity index (χ1v) is 9.77. The molecule has 8 heteroatoms. The third kappa shape index (κ3) is 3.08. The van der Waals surface area contributed by atoms with E-state index in [0.717, 1.165) is 16.7 Å².